The maximum Gasteiger partial charge on any atom is 0.254 e. The molecule has 0 radical (unpaired) electrons. The maximum absolute atomic E-state index is 12.4. The summed E-state index contributed by atoms with van der Waals surface area (Å²) in [5.41, 5.74) is 0.682. The highest BCUT2D eigenvalue weighted by atomic mass is 32.2. The largest absolute Gasteiger partial charge is 0.355 e. The fourth-order valence-electron chi connectivity index (χ4n) is 3.19. The minimum atomic E-state index is -0.283. The highest BCUT2D eigenvalue weighted by Gasteiger charge is 2.19. The zero-order valence-corrected chi connectivity index (χ0v) is 17.3. The third-order valence-corrected chi connectivity index (χ3v) is 6.17. The van der Waals surface area contributed by atoms with Crippen molar-refractivity contribution in [3.8, 4) is 0 Å². The normalized spacial score (nSPS) is 19.3. The number of aryl methyl sites for hydroxylation is 1. The number of hydrogen-bond acceptors (Lipinski definition) is 5. The number of amides is 1. The van der Waals surface area contributed by atoms with Crippen LogP contribution < -0.4 is 10.9 Å². The number of hydrogen-bond donors (Lipinski definition) is 1. The lowest BCUT2D eigenvalue weighted by Crippen LogP contribution is -2.40. The average Bonchev–Trinajstić information content (AvgIpc) is 2.63. The molecule has 2 heterocycles. The van der Waals surface area contributed by atoms with E-state index in [1.807, 2.05) is 13.8 Å². The van der Waals surface area contributed by atoms with Crippen LogP contribution >= 0.6 is 11.8 Å². The van der Waals surface area contributed by atoms with Gasteiger partial charge in [-0.3, -0.25) is 14.2 Å². The van der Waals surface area contributed by atoms with Crippen LogP contribution in [0.3, 0.4) is 0 Å². The molecule has 1 N–H and O–H groups in total. The molecule has 1 saturated heterocycles. The van der Waals surface area contributed by atoms with E-state index in [1.165, 1.54) is 42.1 Å². The smallest absolute Gasteiger partial charge is 0.254 e. The number of piperidine rings is 1. The first-order valence-corrected chi connectivity index (χ1v) is 10.6. The van der Waals surface area contributed by atoms with Gasteiger partial charge < -0.3 is 10.2 Å². The van der Waals surface area contributed by atoms with Crippen molar-refractivity contribution in [1.82, 2.24) is 19.8 Å². The van der Waals surface area contributed by atoms with E-state index in [0.717, 1.165) is 18.7 Å². The summed E-state index contributed by atoms with van der Waals surface area (Å²) >= 11 is 1.34. The molecule has 146 valence electrons. The summed E-state index contributed by atoms with van der Waals surface area (Å²) in [5.74, 6) is -0.00200. The van der Waals surface area contributed by atoms with Gasteiger partial charge in [-0.25, -0.2) is 4.98 Å². The average molecular weight is 381 g/mol. The Morgan fingerprint density at radius 3 is 2.92 bits per heavy atom. The van der Waals surface area contributed by atoms with Gasteiger partial charge >= 0.3 is 0 Å². The summed E-state index contributed by atoms with van der Waals surface area (Å²) < 4.78 is 1.51. The predicted octanol–water partition coefficient (Wildman–Crippen LogP) is 2.20. The number of aromatic nitrogens is 2. The molecule has 0 spiro atoms. The van der Waals surface area contributed by atoms with Crippen molar-refractivity contribution in [2.24, 2.45) is 7.05 Å². The molecule has 1 amide bonds. The van der Waals surface area contributed by atoms with E-state index in [-0.39, 0.29) is 16.7 Å². The highest BCUT2D eigenvalue weighted by molar-refractivity contribution is 8.00. The van der Waals surface area contributed by atoms with Crippen LogP contribution in [-0.4, -0.2) is 51.3 Å². The zero-order chi connectivity index (χ0) is 19.1. The lowest BCUT2D eigenvalue weighted by molar-refractivity contribution is -0.120. The van der Waals surface area contributed by atoms with E-state index in [9.17, 15) is 9.59 Å². The Morgan fingerprint density at radius 2 is 2.23 bits per heavy atom. The van der Waals surface area contributed by atoms with Crippen LogP contribution in [-0.2, 0) is 18.3 Å². The van der Waals surface area contributed by atoms with Gasteiger partial charge in [0.15, 0.2) is 5.16 Å². The van der Waals surface area contributed by atoms with E-state index < -0.39 is 0 Å². The Morgan fingerprint density at radius 1 is 1.46 bits per heavy atom. The quantitative estimate of drug-likeness (QED) is 0.425. The molecule has 1 aromatic heterocycles. The van der Waals surface area contributed by atoms with Gasteiger partial charge in [-0.05, 0) is 46.1 Å². The first-order valence-electron chi connectivity index (χ1n) is 9.67. The number of nitrogens with one attached hydrogen (secondary N) is 1. The Kier molecular flexibility index (Phi) is 8.15. The van der Waals surface area contributed by atoms with Crippen LogP contribution in [0.4, 0.5) is 0 Å². The van der Waals surface area contributed by atoms with Gasteiger partial charge in [-0.1, -0.05) is 25.1 Å². The summed E-state index contributed by atoms with van der Waals surface area (Å²) in [6.07, 6.45) is 5.57. The van der Waals surface area contributed by atoms with E-state index in [0.29, 0.717) is 24.2 Å². The number of rotatable bonds is 8. The molecule has 26 heavy (non-hydrogen) atoms. The van der Waals surface area contributed by atoms with Crippen molar-refractivity contribution in [2.75, 3.05) is 19.6 Å². The molecule has 1 aliphatic rings. The molecule has 1 fully saturated rings. The number of thioether (sulfide) groups is 1. The zero-order valence-electron chi connectivity index (χ0n) is 16.5. The fraction of sp³-hybridized carbons (Fsp3) is 0.737. The summed E-state index contributed by atoms with van der Waals surface area (Å²) in [5, 5.41) is 3.33. The van der Waals surface area contributed by atoms with Gasteiger partial charge in [0.2, 0.25) is 5.91 Å². The van der Waals surface area contributed by atoms with Crippen molar-refractivity contribution >= 4 is 17.7 Å². The Balaban J connectivity index is 1.79. The fourth-order valence-corrected chi connectivity index (χ4v) is 4.11. The first kappa shape index (κ1) is 21.0. The molecule has 0 aliphatic carbocycles. The van der Waals surface area contributed by atoms with Crippen LogP contribution in [0.25, 0.3) is 0 Å². The lowest BCUT2D eigenvalue weighted by atomic mass is 10.0. The summed E-state index contributed by atoms with van der Waals surface area (Å²) in [4.78, 5) is 31.3. The number of nitrogens with zero attached hydrogens (tertiary/aromatic N) is 3. The topological polar surface area (TPSA) is 67.2 Å². The van der Waals surface area contributed by atoms with E-state index in [2.05, 4.69) is 22.1 Å². The lowest BCUT2D eigenvalue weighted by Gasteiger charge is -2.33. The summed E-state index contributed by atoms with van der Waals surface area (Å²) in [6, 6.07) is 2.21. The molecule has 2 rings (SSSR count). The van der Waals surface area contributed by atoms with Gasteiger partial charge in [0.05, 0.1) is 5.25 Å². The van der Waals surface area contributed by atoms with E-state index in [4.69, 9.17) is 0 Å². The second-order valence-corrected chi connectivity index (χ2v) is 8.37. The van der Waals surface area contributed by atoms with Crippen molar-refractivity contribution in [3.05, 3.63) is 22.1 Å². The van der Waals surface area contributed by atoms with Gasteiger partial charge in [0.25, 0.3) is 5.56 Å². The minimum absolute atomic E-state index is 0.00200. The number of carbonyl (C=O) groups excluding carboxylic acids is 1. The molecule has 1 aromatic rings. The first-order chi connectivity index (χ1) is 12.4. The van der Waals surface area contributed by atoms with Crippen LogP contribution in [0.15, 0.2) is 16.0 Å². The second kappa shape index (κ2) is 10.1. The molecule has 2 atom stereocenters. The molecule has 6 nitrogen and oxygen atoms in total. The highest BCUT2D eigenvalue weighted by Crippen LogP contribution is 2.20. The van der Waals surface area contributed by atoms with Gasteiger partial charge in [0, 0.05) is 37.9 Å². The molecular formula is C19H32N4O2S. The van der Waals surface area contributed by atoms with E-state index in [1.54, 1.807) is 13.1 Å². The summed E-state index contributed by atoms with van der Waals surface area (Å²) in [6.45, 7) is 9.02. The Bertz CT molecular complexity index is 661. The predicted molar refractivity (Wildman–Crippen MR) is 107 cm³/mol. The van der Waals surface area contributed by atoms with Crippen molar-refractivity contribution in [2.45, 2.75) is 69.3 Å². The number of likely N-dealkylation sites (tertiary alicyclic amines) is 1. The number of carbonyl (C=O) groups is 1. The molecular weight excluding hydrogens is 348 g/mol. The maximum atomic E-state index is 12.4. The molecule has 0 saturated carbocycles. The van der Waals surface area contributed by atoms with Crippen molar-refractivity contribution < 1.29 is 4.79 Å². The van der Waals surface area contributed by atoms with Gasteiger partial charge in [0.1, 0.15) is 0 Å². The standard InChI is InChI=1S/C19H32N4O2S/c1-5-16-13-17(24)22(4)19(21-16)26-15(3)18(25)20-10-8-12-23-11-7-6-9-14(23)2/h13-15H,5-12H2,1-4H3,(H,20,25). The van der Waals surface area contributed by atoms with E-state index >= 15 is 0 Å². The molecule has 7 heteroatoms. The Labute approximate surface area is 160 Å². The van der Waals surface area contributed by atoms with Crippen LogP contribution in [0.1, 0.15) is 52.1 Å². The SMILES string of the molecule is CCc1cc(=O)n(C)c(SC(C)C(=O)NCCCN2CCCCC2C)n1. The third kappa shape index (κ3) is 5.84. The van der Waals surface area contributed by atoms with Crippen molar-refractivity contribution in [3.63, 3.8) is 0 Å². The van der Waals surface area contributed by atoms with Crippen LogP contribution in [0.2, 0.25) is 0 Å². The van der Waals surface area contributed by atoms with Crippen molar-refractivity contribution in [1.29, 1.82) is 0 Å². The third-order valence-electron chi connectivity index (χ3n) is 5.02. The van der Waals surface area contributed by atoms with Gasteiger partial charge in [-0.2, -0.15) is 0 Å². The second-order valence-electron chi connectivity index (χ2n) is 7.07. The molecule has 0 bridgehead atoms. The molecule has 2 unspecified atom stereocenters. The summed E-state index contributed by atoms with van der Waals surface area (Å²) in [7, 11) is 1.70. The molecule has 0 aromatic carbocycles. The van der Waals surface area contributed by atoms with Crippen LogP contribution in [0, 0.1) is 0 Å². The van der Waals surface area contributed by atoms with Crippen LogP contribution in [0.5, 0.6) is 0 Å². The molecule has 1 aliphatic heterocycles. The monoisotopic (exact) mass is 380 g/mol. The van der Waals surface area contributed by atoms with Gasteiger partial charge in [-0.15, -0.1) is 0 Å². The minimum Gasteiger partial charge on any atom is -0.355 e. The Hall–Kier alpha value is -1.34.